The highest BCUT2D eigenvalue weighted by Crippen LogP contribution is 2.43. The van der Waals surface area contributed by atoms with Crippen LogP contribution < -0.4 is 10.2 Å². The number of aromatic nitrogens is 2. The molecule has 0 unspecified atom stereocenters. The number of nitrogens with zero attached hydrogens (tertiary/aromatic N) is 3. The van der Waals surface area contributed by atoms with Crippen LogP contribution in [-0.2, 0) is 0 Å². The first kappa shape index (κ1) is 21.4. The lowest BCUT2D eigenvalue weighted by molar-refractivity contribution is 0.565. The van der Waals surface area contributed by atoms with E-state index in [1.807, 2.05) is 24.4 Å². The molecule has 1 aliphatic rings. The van der Waals surface area contributed by atoms with Crippen molar-refractivity contribution in [2.45, 2.75) is 39.8 Å². The number of hydrogen-bond acceptors (Lipinski definition) is 2. The molecular formula is C28H28N4S. The van der Waals surface area contributed by atoms with Crippen molar-refractivity contribution in [1.82, 2.24) is 14.9 Å². The highest BCUT2D eigenvalue weighted by molar-refractivity contribution is 7.80. The maximum Gasteiger partial charge on any atom is 0.174 e. The predicted molar refractivity (Wildman–Crippen MR) is 139 cm³/mol. The molecule has 0 radical (unpaired) electrons. The molecule has 33 heavy (non-hydrogen) atoms. The molecule has 0 bridgehead atoms. The van der Waals surface area contributed by atoms with Crippen LogP contribution in [-0.4, -0.2) is 14.7 Å². The van der Waals surface area contributed by atoms with Crippen molar-refractivity contribution < 1.29 is 0 Å². The highest BCUT2D eigenvalue weighted by Gasteiger charge is 2.42. The van der Waals surface area contributed by atoms with Crippen molar-refractivity contribution >= 4 is 23.0 Å². The van der Waals surface area contributed by atoms with Gasteiger partial charge in [0.15, 0.2) is 5.11 Å². The normalized spacial score (nSPS) is 17.9. The van der Waals surface area contributed by atoms with Crippen LogP contribution in [0.5, 0.6) is 0 Å². The maximum atomic E-state index is 5.87. The van der Waals surface area contributed by atoms with E-state index in [1.165, 1.54) is 33.8 Å². The van der Waals surface area contributed by atoms with Crippen molar-refractivity contribution in [3.8, 4) is 5.69 Å². The number of nitrogens with one attached hydrogen (secondary N) is 1. The summed E-state index contributed by atoms with van der Waals surface area (Å²) in [7, 11) is 0. The van der Waals surface area contributed by atoms with Crippen molar-refractivity contribution in [3.05, 3.63) is 113 Å². The Hall–Kier alpha value is -3.44. The van der Waals surface area contributed by atoms with E-state index in [0.29, 0.717) is 0 Å². The van der Waals surface area contributed by atoms with Crippen LogP contribution in [0.15, 0.2) is 79.0 Å². The van der Waals surface area contributed by atoms with Crippen LogP contribution in [0, 0.1) is 27.7 Å². The molecule has 0 spiro atoms. The van der Waals surface area contributed by atoms with Crippen molar-refractivity contribution in [2.24, 2.45) is 0 Å². The van der Waals surface area contributed by atoms with E-state index in [-0.39, 0.29) is 12.1 Å². The smallest absolute Gasteiger partial charge is 0.174 e. The Balaban J connectivity index is 1.71. The molecule has 0 aliphatic carbocycles. The first-order valence-corrected chi connectivity index (χ1v) is 11.7. The lowest BCUT2D eigenvalue weighted by Crippen LogP contribution is -2.29. The highest BCUT2D eigenvalue weighted by atomic mass is 32.1. The van der Waals surface area contributed by atoms with Gasteiger partial charge in [0.1, 0.15) is 0 Å². The number of thiocarbonyl (C=S) groups is 1. The van der Waals surface area contributed by atoms with Gasteiger partial charge in [-0.2, -0.15) is 0 Å². The summed E-state index contributed by atoms with van der Waals surface area (Å²) in [5.41, 5.74) is 9.55. The minimum atomic E-state index is -0.0502. The number of hydrogen-bond donors (Lipinski definition) is 1. The molecule has 5 heteroatoms. The number of benzene rings is 2. The fourth-order valence-electron chi connectivity index (χ4n) is 5.13. The standard InChI is InChI=1S/C28H28N4S/c1-18-11-10-12-19(2)26(18)31-20(3)17-23(21(31)4)27-25(24-15-8-9-16-29-24)30-28(33)32(27)22-13-6-5-7-14-22/h5-17,25,27H,1-4H3,(H,30,33)/t25-,27+/m0/s1. The summed E-state index contributed by atoms with van der Waals surface area (Å²) in [6.45, 7) is 8.76. The quantitative estimate of drug-likeness (QED) is 0.369. The van der Waals surface area contributed by atoms with Crippen molar-refractivity contribution in [2.75, 3.05) is 4.90 Å². The van der Waals surface area contributed by atoms with Crippen LogP contribution in [0.3, 0.4) is 0 Å². The lowest BCUT2D eigenvalue weighted by atomic mass is 9.96. The Labute approximate surface area is 200 Å². The van der Waals surface area contributed by atoms with Gasteiger partial charge in [-0.25, -0.2) is 0 Å². The number of aryl methyl sites for hydroxylation is 3. The summed E-state index contributed by atoms with van der Waals surface area (Å²) in [5.74, 6) is 0. The van der Waals surface area contributed by atoms with Gasteiger partial charge in [0.2, 0.25) is 0 Å². The molecule has 4 aromatic rings. The number of anilines is 1. The van der Waals surface area contributed by atoms with Gasteiger partial charge < -0.3 is 14.8 Å². The third-order valence-corrected chi connectivity index (χ3v) is 6.90. The molecule has 1 aliphatic heterocycles. The van der Waals surface area contributed by atoms with Gasteiger partial charge >= 0.3 is 0 Å². The van der Waals surface area contributed by atoms with Gasteiger partial charge in [-0.1, -0.05) is 42.5 Å². The fraction of sp³-hybridized carbons (Fsp3) is 0.214. The van der Waals surface area contributed by atoms with E-state index >= 15 is 0 Å². The Morgan fingerprint density at radius 2 is 1.55 bits per heavy atom. The summed E-state index contributed by atoms with van der Waals surface area (Å²) in [5, 5.41) is 4.29. The number of pyridine rings is 1. The molecule has 5 rings (SSSR count). The minimum absolute atomic E-state index is 0.0147. The van der Waals surface area contributed by atoms with E-state index in [0.717, 1.165) is 16.5 Å². The average molecular weight is 453 g/mol. The fourth-order valence-corrected chi connectivity index (χ4v) is 5.47. The second-order valence-electron chi connectivity index (χ2n) is 8.73. The zero-order valence-electron chi connectivity index (χ0n) is 19.4. The van der Waals surface area contributed by atoms with Gasteiger partial charge in [0, 0.05) is 23.3 Å². The van der Waals surface area contributed by atoms with E-state index in [2.05, 4.69) is 102 Å². The van der Waals surface area contributed by atoms with E-state index in [1.54, 1.807) is 0 Å². The molecule has 0 saturated carbocycles. The summed E-state index contributed by atoms with van der Waals surface area (Å²) in [4.78, 5) is 6.93. The predicted octanol–water partition coefficient (Wildman–Crippen LogP) is 6.28. The average Bonchev–Trinajstić information content (AvgIpc) is 3.31. The molecule has 166 valence electrons. The molecule has 1 N–H and O–H groups in total. The minimum Gasteiger partial charge on any atom is -0.351 e. The van der Waals surface area contributed by atoms with E-state index in [4.69, 9.17) is 12.2 Å². The molecule has 4 nitrogen and oxygen atoms in total. The molecule has 1 saturated heterocycles. The molecule has 2 atom stereocenters. The van der Waals surface area contributed by atoms with Crippen LogP contribution in [0.25, 0.3) is 5.69 Å². The Kier molecular flexibility index (Phi) is 5.51. The lowest BCUT2D eigenvalue weighted by Gasteiger charge is -2.28. The molecule has 3 heterocycles. The topological polar surface area (TPSA) is 33.1 Å². The summed E-state index contributed by atoms with van der Waals surface area (Å²) in [6.07, 6.45) is 1.85. The SMILES string of the molecule is Cc1cccc(C)c1-n1c(C)cc([C@@H]2[C@H](c3ccccn3)NC(=S)N2c2ccccc2)c1C. The molecule has 2 aromatic carbocycles. The number of para-hydroxylation sites is 2. The monoisotopic (exact) mass is 452 g/mol. The second-order valence-corrected chi connectivity index (χ2v) is 9.12. The third-order valence-electron chi connectivity index (χ3n) is 6.58. The van der Waals surface area contributed by atoms with Crippen LogP contribution >= 0.6 is 12.2 Å². The molecular weight excluding hydrogens is 424 g/mol. The van der Waals surface area contributed by atoms with Crippen molar-refractivity contribution in [1.29, 1.82) is 0 Å². The largest absolute Gasteiger partial charge is 0.351 e. The summed E-state index contributed by atoms with van der Waals surface area (Å²) < 4.78 is 2.39. The van der Waals surface area contributed by atoms with Gasteiger partial charge in [-0.15, -0.1) is 0 Å². The van der Waals surface area contributed by atoms with Gasteiger partial charge in [-0.3, -0.25) is 4.98 Å². The van der Waals surface area contributed by atoms with Crippen molar-refractivity contribution in [3.63, 3.8) is 0 Å². The van der Waals surface area contributed by atoms with Gasteiger partial charge in [0.25, 0.3) is 0 Å². The Morgan fingerprint density at radius 1 is 0.848 bits per heavy atom. The molecule has 0 amide bonds. The van der Waals surface area contributed by atoms with E-state index < -0.39 is 0 Å². The summed E-state index contributed by atoms with van der Waals surface area (Å²) in [6, 6.07) is 25.2. The van der Waals surface area contributed by atoms with Crippen LogP contribution in [0.4, 0.5) is 5.69 Å². The van der Waals surface area contributed by atoms with E-state index in [9.17, 15) is 0 Å². The Morgan fingerprint density at radius 3 is 2.21 bits per heavy atom. The number of rotatable bonds is 4. The van der Waals surface area contributed by atoms with Crippen LogP contribution in [0.2, 0.25) is 0 Å². The van der Waals surface area contributed by atoms with Gasteiger partial charge in [0.05, 0.1) is 23.5 Å². The van der Waals surface area contributed by atoms with Crippen LogP contribution in [0.1, 0.15) is 45.9 Å². The maximum absolute atomic E-state index is 5.87. The van der Waals surface area contributed by atoms with Gasteiger partial charge in [-0.05, 0) is 86.9 Å². The zero-order valence-corrected chi connectivity index (χ0v) is 20.2. The molecule has 2 aromatic heterocycles. The zero-order chi connectivity index (χ0) is 23.1. The Bertz CT molecular complexity index is 1290. The first-order valence-electron chi connectivity index (χ1n) is 11.3. The third kappa shape index (κ3) is 3.62. The summed E-state index contributed by atoms with van der Waals surface area (Å²) >= 11 is 5.87. The molecule has 1 fully saturated rings. The second kappa shape index (κ2) is 8.49. The first-order chi connectivity index (χ1) is 16.0.